The van der Waals surface area contributed by atoms with E-state index in [1.54, 1.807) is 0 Å². The topological polar surface area (TPSA) is 46.6 Å². The molecular formula is C15H16BrNO3. The zero-order valence-electron chi connectivity index (χ0n) is 11.2. The summed E-state index contributed by atoms with van der Waals surface area (Å²) in [4.78, 5) is 25.5. The number of carbonyl (C=O) groups excluding carboxylic acids is 2. The quantitative estimate of drug-likeness (QED) is 0.779. The van der Waals surface area contributed by atoms with E-state index < -0.39 is 0 Å². The van der Waals surface area contributed by atoms with Gasteiger partial charge >= 0.3 is 0 Å². The normalized spacial score (nSPS) is 18.8. The standard InChI is InChI=1S/C15H16BrNO3/c16-12-7-10-5-6-20-15(10)11(8-12)9-17-13(18)3-1-2-4-14(17)19/h7-8H,1-6,9H2. The summed E-state index contributed by atoms with van der Waals surface area (Å²) >= 11 is 3.48. The number of rotatable bonds is 2. The number of ether oxygens (including phenoxy) is 1. The van der Waals surface area contributed by atoms with Gasteiger partial charge in [-0.1, -0.05) is 15.9 Å². The number of hydrogen-bond donors (Lipinski definition) is 0. The molecule has 2 aliphatic rings. The maximum Gasteiger partial charge on any atom is 0.229 e. The number of likely N-dealkylation sites (tertiary alicyclic amines) is 1. The third kappa shape index (κ3) is 2.59. The highest BCUT2D eigenvalue weighted by atomic mass is 79.9. The minimum absolute atomic E-state index is 0.0702. The average molecular weight is 338 g/mol. The monoisotopic (exact) mass is 337 g/mol. The Morgan fingerprint density at radius 1 is 1.10 bits per heavy atom. The summed E-state index contributed by atoms with van der Waals surface area (Å²) < 4.78 is 6.62. The Bertz CT molecular complexity index is 552. The van der Waals surface area contributed by atoms with E-state index in [4.69, 9.17) is 4.74 Å². The van der Waals surface area contributed by atoms with Crippen molar-refractivity contribution in [2.45, 2.75) is 38.6 Å². The molecule has 4 nitrogen and oxygen atoms in total. The molecule has 2 aliphatic heterocycles. The van der Waals surface area contributed by atoms with Crippen molar-refractivity contribution in [3.8, 4) is 5.75 Å². The van der Waals surface area contributed by atoms with Crippen LogP contribution < -0.4 is 4.74 Å². The smallest absolute Gasteiger partial charge is 0.229 e. The largest absolute Gasteiger partial charge is 0.493 e. The summed E-state index contributed by atoms with van der Waals surface area (Å²) in [6.07, 6.45) is 3.40. The first kappa shape index (κ1) is 13.6. The van der Waals surface area contributed by atoms with Crippen molar-refractivity contribution in [3.05, 3.63) is 27.7 Å². The first-order chi connectivity index (χ1) is 9.65. The summed E-state index contributed by atoms with van der Waals surface area (Å²) in [6.45, 7) is 0.986. The van der Waals surface area contributed by atoms with E-state index in [0.717, 1.165) is 40.6 Å². The van der Waals surface area contributed by atoms with Crippen LogP contribution >= 0.6 is 15.9 Å². The van der Waals surface area contributed by atoms with E-state index in [0.29, 0.717) is 26.0 Å². The Labute approximate surface area is 126 Å². The van der Waals surface area contributed by atoms with Crippen LogP contribution in [0.1, 0.15) is 36.8 Å². The maximum absolute atomic E-state index is 12.1. The predicted octanol–water partition coefficient (Wildman–Crippen LogP) is 2.81. The van der Waals surface area contributed by atoms with Gasteiger partial charge in [0.05, 0.1) is 13.2 Å². The van der Waals surface area contributed by atoms with Crippen LogP contribution in [0.25, 0.3) is 0 Å². The van der Waals surface area contributed by atoms with Crippen LogP contribution in [0, 0.1) is 0 Å². The zero-order valence-corrected chi connectivity index (χ0v) is 12.7. The zero-order chi connectivity index (χ0) is 14.1. The molecule has 1 saturated heterocycles. The number of benzene rings is 1. The van der Waals surface area contributed by atoms with Crippen molar-refractivity contribution in [2.24, 2.45) is 0 Å². The van der Waals surface area contributed by atoms with Gasteiger partial charge in [0.2, 0.25) is 11.8 Å². The fraction of sp³-hybridized carbons (Fsp3) is 0.467. The van der Waals surface area contributed by atoms with Crippen LogP contribution in [0.5, 0.6) is 5.75 Å². The molecule has 1 aromatic carbocycles. The molecule has 5 heteroatoms. The molecule has 0 atom stereocenters. The third-order valence-electron chi connectivity index (χ3n) is 3.79. The van der Waals surface area contributed by atoms with Gasteiger partial charge in [0.15, 0.2) is 0 Å². The first-order valence-electron chi connectivity index (χ1n) is 6.92. The second kappa shape index (κ2) is 5.56. The van der Waals surface area contributed by atoms with Gasteiger partial charge in [-0.15, -0.1) is 0 Å². The maximum atomic E-state index is 12.1. The third-order valence-corrected chi connectivity index (χ3v) is 4.25. The molecule has 1 aromatic rings. The fourth-order valence-corrected chi connectivity index (χ4v) is 3.32. The molecule has 0 aromatic heterocycles. The molecule has 106 valence electrons. The van der Waals surface area contributed by atoms with Crippen molar-refractivity contribution in [3.63, 3.8) is 0 Å². The lowest BCUT2D eigenvalue weighted by Crippen LogP contribution is -2.34. The fourth-order valence-electron chi connectivity index (χ4n) is 2.77. The minimum Gasteiger partial charge on any atom is -0.493 e. The summed E-state index contributed by atoms with van der Waals surface area (Å²) in [5.74, 6) is 0.705. The number of imide groups is 1. The number of carbonyl (C=O) groups is 2. The summed E-state index contributed by atoms with van der Waals surface area (Å²) in [5.41, 5.74) is 2.06. The molecule has 2 heterocycles. The Morgan fingerprint density at radius 2 is 1.80 bits per heavy atom. The number of halogens is 1. The van der Waals surface area contributed by atoms with E-state index >= 15 is 0 Å². The Kier molecular flexibility index (Phi) is 3.78. The molecular weight excluding hydrogens is 322 g/mol. The Morgan fingerprint density at radius 3 is 2.50 bits per heavy atom. The van der Waals surface area contributed by atoms with Gasteiger partial charge in [-0.2, -0.15) is 0 Å². The molecule has 3 rings (SSSR count). The van der Waals surface area contributed by atoms with Gasteiger partial charge in [-0.05, 0) is 30.5 Å². The van der Waals surface area contributed by atoms with Crippen molar-refractivity contribution >= 4 is 27.7 Å². The van der Waals surface area contributed by atoms with Crippen LogP contribution in [0.3, 0.4) is 0 Å². The molecule has 0 radical (unpaired) electrons. The first-order valence-corrected chi connectivity index (χ1v) is 7.72. The number of hydrogen-bond acceptors (Lipinski definition) is 3. The molecule has 0 spiro atoms. The van der Waals surface area contributed by atoms with Gasteiger partial charge < -0.3 is 4.74 Å². The van der Waals surface area contributed by atoms with Crippen molar-refractivity contribution in [1.82, 2.24) is 4.90 Å². The Balaban J connectivity index is 1.90. The lowest BCUT2D eigenvalue weighted by Gasteiger charge is -2.20. The van der Waals surface area contributed by atoms with E-state index in [9.17, 15) is 9.59 Å². The van der Waals surface area contributed by atoms with Crippen molar-refractivity contribution in [1.29, 1.82) is 0 Å². The molecule has 20 heavy (non-hydrogen) atoms. The molecule has 0 N–H and O–H groups in total. The second-order valence-electron chi connectivity index (χ2n) is 5.23. The highest BCUT2D eigenvalue weighted by molar-refractivity contribution is 9.10. The number of fused-ring (bicyclic) bond motifs is 1. The summed E-state index contributed by atoms with van der Waals surface area (Å²) in [7, 11) is 0. The highest BCUT2D eigenvalue weighted by Crippen LogP contribution is 2.34. The van der Waals surface area contributed by atoms with Crippen molar-refractivity contribution in [2.75, 3.05) is 6.61 Å². The van der Waals surface area contributed by atoms with Gasteiger partial charge in [-0.3, -0.25) is 14.5 Å². The van der Waals surface area contributed by atoms with Crippen LogP contribution in [-0.4, -0.2) is 23.3 Å². The summed E-state index contributed by atoms with van der Waals surface area (Å²) in [6, 6.07) is 3.98. The molecule has 0 aliphatic carbocycles. The Hall–Kier alpha value is -1.36. The molecule has 2 amide bonds. The van der Waals surface area contributed by atoms with E-state index in [-0.39, 0.29) is 11.8 Å². The summed E-state index contributed by atoms with van der Waals surface area (Å²) in [5, 5.41) is 0. The van der Waals surface area contributed by atoms with E-state index in [2.05, 4.69) is 15.9 Å². The highest BCUT2D eigenvalue weighted by Gasteiger charge is 2.27. The van der Waals surface area contributed by atoms with Crippen LogP contribution in [0.2, 0.25) is 0 Å². The molecule has 0 bridgehead atoms. The van der Waals surface area contributed by atoms with Gasteiger partial charge in [0.25, 0.3) is 0 Å². The predicted molar refractivity (Wildman–Crippen MR) is 77.4 cm³/mol. The lowest BCUT2D eigenvalue weighted by molar-refractivity contribution is -0.144. The lowest BCUT2D eigenvalue weighted by atomic mass is 10.1. The van der Waals surface area contributed by atoms with Crippen LogP contribution in [-0.2, 0) is 22.6 Å². The SMILES string of the molecule is O=C1CCCCC(=O)N1Cc1cc(Br)cc2c1OCC2. The van der Waals surface area contributed by atoms with Crippen LogP contribution in [0.15, 0.2) is 16.6 Å². The minimum atomic E-state index is -0.0702. The van der Waals surface area contributed by atoms with Gasteiger partial charge in [0.1, 0.15) is 5.75 Å². The average Bonchev–Trinajstić information content (AvgIpc) is 2.82. The second-order valence-corrected chi connectivity index (χ2v) is 6.15. The van der Waals surface area contributed by atoms with E-state index in [1.807, 2.05) is 12.1 Å². The molecule has 0 unspecified atom stereocenters. The van der Waals surface area contributed by atoms with Gasteiger partial charge in [-0.25, -0.2) is 0 Å². The van der Waals surface area contributed by atoms with Crippen molar-refractivity contribution < 1.29 is 14.3 Å². The van der Waals surface area contributed by atoms with Gasteiger partial charge in [0, 0.05) is 29.3 Å². The van der Waals surface area contributed by atoms with E-state index in [1.165, 1.54) is 4.90 Å². The molecule has 1 fully saturated rings. The molecule has 0 saturated carbocycles. The number of amides is 2. The number of nitrogens with zero attached hydrogens (tertiary/aromatic N) is 1. The van der Waals surface area contributed by atoms with Crippen LogP contribution in [0.4, 0.5) is 0 Å².